The van der Waals surface area contributed by atoms with E-state index >= 15 is 0 Å². The van der Waals surface area contributed by atoms with Crippen LogP contribution in [0.2, 0.25) is 0 Å². The zero-order chi connectivity index (χ0) is 64.3. The molecule has 97 heavy (non-hydrogen) atoms. The first-order valence-electron chi connectivity index (χ1n) is 33.5. The van der Waals surface area contributed by atoms with Crippen LogP contribution in [0.15, 0.2) is 388 Å². The van der Waals surface area contributed by atoms with Crippen LogP contribution in [0.3, 0.4) is 0 Å². The molecule has 0 spiro atoms. The van der Waals surface area contributed by atoms with Crippen molar-refractivity contribution in [2.75, 3.05) is 14.7 Å². The predicted molar refractivity (Wildman–Crippen MR) is 413 cm³/mol. The van der Waals surface area contributed by atoms with Crippen molar-refractivity contribution in [3.05, 3.63) is 388 Å². The summed E-state index contributed by atoms with van der Waals surface area (Å²) in [5.74, 6) is 1.60. The molecule has 0 bridgehead atoms. The Hall–Kier alpha value is -12.0. The number of fused-ring (bicyclic) bond motifs is 6. The van der Waals surface area contributed by atoms with E-state index < -0.39 is 16.1 Å². The van der Waals surface area contributed by atoms with Gasteiger partial charge < -0.3 is 19.4 Å². The number of ether oxygens (including phenoxy) is 1. The van der Waals surface area contributed by atoms with Crippen LogP contribution in [0.1, 0.15) is 0 Å². The molecule has 0 saturated carbocycles. The van der Waals surface area contributed by atoms with E-state index in [1.54, 1.807) is 0 Å². The van der Waals surface area contributed by atoms with E-state index in [1.807, 2.05) is 0 Å². The second-order valence-electron chi connectivity index (χ2n) is 25.4. The topological polar surface area (TPSA) is 19.0 Å². The highest BCUT2D eigenvalue weighted by Crippen LogP contribution is 2.54. The summed E-state index contributed by atoms with van der Waals surface area (Å²) in [6.45, 7) is -0.169. The molecule has 0 aromatic heterocycles. The Balaban J connectivity index is 0.925. The Morgan fingerprint density at radius 3 is 0.814 bits per heavy atom. The Kier molecular flexibility index (Phi) is 14.3. The summed E-state index contributed by atoms with van der Waals surface area (Å²) in [4.78, 5) is 7.60. The highest BCUT2D eigenvalue weighted by Gasteiger charge is 2.47. The molecule has 0 aliphatic carbocycles. The second-order valence-corrected chi connectivity index (χ2v) is 33.1. The maximum atomic E-state index is 6.82. The van der Waals surface area contributed by atoms with Gasteiger partial charge in [-0.25, -0.2) is 0 Å². The average Bonchev–Trinajstić information content (AvgIpc) is 0.695. The zero-order valence-electron chi connectivity index (χ0n) is 53.3. The number of hydrogen-bond acceptors (Lipinski definition) is 4. The fourth-order valence-electron chi connectivity index (χ4n) is 16.1. The van der Waals surface area contributed by atoms with Crippen LogP contribution in [0.25, 0.3) is 22.3 Å². The first kappa shape index (κ1) is 57.6. The van der Waals surface area contributed by atoms with Crippen molar-refractivity contribution in [1.82, 2.24) is 0 Å². The first-order valence-corrected chi connectivity index (χ1v) is 37.5. The molecule has 0 saturated heterocycles. The predicted octanol–water partition coefficient (Wildman–Crippen LogP) is 15.4. The molecule has 0 atom stereocenters. The lowest BCUT2D eigenvalue weighted by Gasteiger charge is -2.45. The van der Waals surface area contributed by atoms with Crippen molar-refractivity contribution in [3.63, 3.8) is 0 Å². The van der Waals surface area contributed by atoms with Gasteiger partial charge in [-0.15, -0.1) is 0 Å². The van der Waals surface area contributed by atoms with E-state index in [0.29, 0.717) is 0 Å². The van der Waals surface area contributed by atoms with E-state index in [4.69, 9.17) is 4.74 Å². The van der Waals surface area contributed by atoms with Gasteiger partial charge >= 0.3 is 0 Å². The molecular formula is C90H64BN3OSi2. The van der Waals surface area contributed by atoms with Gasteiger partial charge in [0.25, 0.3) is 6.71 Å². The lowest BCUT2D eigenvalue weighted by atomic mass is 9.33. The molecular weight excluding hydrogens is 1210 g/mol. The molecule has 456 valence electrons. The fraction of sp³-hybridized carbons (Fsp3) is 0. The largest absolute Gasteiger partial charge is 0.453 e. The Morgan fingerprint density at radius 1 is 0.206 bits per heavy atom. The SMILES string of the molecule is c1ccc(-c2ccc3c(c2)N(c2ccc([Si](c4ccccc4)(c4ccccc4)c4ccccc4)cc2)c2cc(N4c5ccccc5Oc5ccccc54)cc4c2B3c2ccc(-c3ccccc3)cc2N4c2ccc([Si](c3ccccc3)(c3ccccc3)c3ccccc3)cc2)cc1. The third-order valence-electron chi connectivity index (χ3n) is 20.3. The molecule has 3 aliphatic heterocycles. The Morgan fingerprint density at radius 2 is 0.485 bits per heavy atom. The van der Waals surface area contributed by atoms with E-state index in [1.165, 1.54) is 57.9 Å². The number of anilines is 9. The third-order valence-corrected chi connectivity index (χ3v) is 29.9. The summed E-state index contributed by atoms with van der Waals surface area (Å²) in [5.41, 5.74) is 17.9. The molecule has 0 radical (unpaired) electrons. The van der Waals surface area contributed by atoms with E-state index in [-0.39, 0.29) is 6.71 Å². The van der Waals surface area contributed by atoms with Crippen LogP contribution in [0, 0.1) is 0 Å². The summed E-state index contributed by atoms with van der Waals surface area (Å²) >= 11 is 0. The second kappa shape index (κ2) is 24.1. The van der Waals surface area contributed by atoms with Crippen molar-refractivity contribution in [2.24, 2.45) is 0 Å². The van der Waals surface area contributed by atoms with Crippen molar-refractivity contribution in [3.8, 4) is 33.8 Å². The molecule has 18 rings (SSSR count). The maximum absolute atomic E-state index is 6.82. The summed E-state index contributed by atoms with van der Waals surface area (Å²) in [6, 6.07) is 145. The van der Waals surface area contributed by atoms with Gasteiger partial charge in [0.1, 0.15) is 0 Å². The molecule has 0 unspecified atom stereocenters. The summed E-state index contributed by atoms with van der Waals surface area (Å²) in [7, 11) is -5.83. The smallest absolute Gasteiger partial charge is 0.252 e. The van der Waals surface area contributed by atoms with E-state index in [0.717, 1.165) is 84.9 Å². The first-order chi connectivity index (χ1) is 48.1. The van der Waals surface area contributed by atoms with Crippen molar-refractivity contribution >= 4 is 132 Å². The van der Waals surface area contributed by atoms with Gasteiger partial charge in [-0.05, 0) is 153 Å². The monoisotopic (exact) mass is 1270 g/mol. The Labute approximate surface area is 569 Å². The number of hydrogen-bond donors (Lipinski definition) is 0. The molecule has 0 fully saturated rings. The quantitative estimate of drug-likeness (QED) is 0.0846. The van der Waals surface area contributed by atoms with Crippen LogP contribution >= 0.6 is 0 Å². The molecule has 7 heteroatoms. The number of nitrogens with zero attached hydrogens (tertiary/aromatic N) is 3. The number of para-hydroxylation sites is 4. The highest BCUT2D eigenvalue weighted by atomic mass is 28.3. The van der Waals surface area contributed by atoms with Crippen LogP contribution in [0.4, 0.5) is 51.2 Å². The molecule has 15 aromatic rings. The van der Waals surface area contributed by atoms with Crippen molar-refractivity contribution in [2.45, 2.75) is 0 Å². The van der Waals surface area contributed by atoms with Gasteiger partial charge in [0, 0.05) is 34.1 Å². The van der Waals surface area contributed by atoms with Gasteiger partial charge in [-0.2, -0.15) is 0 Å². The average molecular weight is 1270 g/mol. The van der Waals surface area contributed by atoms with Crippen molar-refractivity contribution < 1.29 is 4.74 Å². The van der Waals surface area contributed by atoms with Crippen molar-refractivity contribution in [1.29, 1.82) is 0 Å². The maximum Gasteiger partial charge on any atom is 0.252 e. The highest BCUT2D eigenvalue weighted by molar-refractivity contribution is 7.20. The van der Waals surface area contributed by atoms with Gasteiger partial charge in [0.2, 0.25) is 0 Å². The standard InChI is InChI=1S/C90H64BN3OSi2/c1-9-29-65(30-10-1)67-49-59-80-84(61-67)92(69-51-55-78(56-52-69)96(72-33-13-3-14-34-72,73-35-15-4-16-36-73)74-37-17-5-18-38-74)86-63-71(94-82-45-25-27-47-88(82)95-89-48-28-26-46-83(89)94)64-87-90(86)91(80)81-60-50-68(66-31-11-2-12-32-66)62-85(81)93(87)70-53-57-79(58-54-70)97(75-39-19-6-20-40-75,76-41-21-7-22-42-76)77-43-23-8-24-44-77/h1-64H. The molecule has 15 aromatic carbocycles. The minimum Gasteiger partial charge on any atom is -0.453 e. The Bertz CT molecular complexity index is 4840. The molecule has 0 N–H and O–H groups in total. The summed E-state index contributed by atoms with van der Waals surface area (Å²) in [5, 5.41) is 10.6. The van der Waals surface area contributed by atoms with Crippen LogP contribution in [0.5, 0.6) is 11.5 Å². The van der Waals surface area contributed by atoms with Gasteiger partial charge in [0.15, 0.2) is 27.6 Å². The zero-order valence-corrected chi connectivity index (χ0v) is 55.3. The van der Waals surface area contributed by atoms with Gasteiger partial charge in [-0.1, -0.05) is 315 Å². The lowest BCUT2D eigenvalue weighted by Crippen LogP contribution is -2.74. The minimum atomic E-state index is -2.92. The van der Waals surface area contributed by atoms with Gasteiger partial charge in [0.05, 0.1) is 17.1 Å². The van der Waals surface area contributed by atoms with E-state index in [2.05, 4.69) is 403 Å². The normalized spacial score (nSPS) is 12.7. The van der Waals surface area contributed by atoms with Gasteiger partial charge in [-0.3, -0.25) is 0 Å². The molecule has 4 nitrogen and oxygen atoms in total. The van der Waals surface area contributed by atoms with Crippen LogP contribution in [-0.2, 0) is 0 Å². The van der Waals surface area contributed by atoms with E-state index in [9.17, 15) is 0 Å². The van der Waals surface area contributed by atoms with Crippen LogP contribution in [-0.4, -0.2) is 22.9 Å². The summed E-state index contributed by atoms with van der Waals surface area (Å²) in [6.07, 6.45) is 0. The van der Waals surface area contributed by atoms with Crippen LogP contribution < -0.4 is 77.3 Å². The third kappa shape index (κ3) is 9.49. The molecule has 0 amide bonds. The fourth-order valence-corrected chi connectivity index (χ4v) is 25.6. The number of rotatable bonds is 13. The molecule has 3 aliphatic rings. The lowest BCUT2D eigenvalue weighted by molar-refractivity contribution is 0.477. The molecule has 3 heterocycles. The number of benzene rings is 15. The summed E-state index contributed by atoms with van der Waals surface area (Å²) < 4.78 is 6.82. The minimum absolute atomic E-state index is 0.169.